The molecule has 0 aromatic heterocycles. The first kappa shape index (κ1) is 19.1. The summed E-state index contributed by atoms with van der Waals surface area (Å²) in [5.74, 6) is -1.12. The molecule has 2 atom stereocenters. The fraction of sp³-hybridized carbons (Fsp3) is 0.474. The zero-order valence-electron chi connectivity index (χ0n) is 14.6. The highest BCUT2D eigenvalue weighted by Gasteiger charge is 2.26. The van der Waals surface area contributed by atoms with E-state index in [1.54, 1.807) is 6.92 Å². The average Bonchev–Trinajstić information content (AvgIpc) is 2.75. The Bertz CT molecular complexity index is 603. The summed E-state index contributed by atoms with van der Waals surface area (Å²) in [6.07, 6.45) is 3.16. The number of hydrogen-bond donors (Lipinski definition) is 2. The van der Waals surface area contributed by atoms with Crippen molar-refractivity contribution in [2.75, 3.05) is 13.1 Å². The molecule has 135 valence electrons. The van der Waals surface area contributed by atoms with Crippen LogP contribution in [0.1, 0.15) is 31.7 Å². The molecule has 3 N–H and O–H groups in total. The van der Waals surface area contributed by atoms with Gasteiger partial charge in [-0.1, -0.05) is 37.3 Å². The first-order valence-corrected chi connectivity index (χ1v) is 8.67. The van der Waals surface area contributed by atoms with Gasteiger partial charge in [0.2, 0.25) is 11.8 Å². The lowest BCUT2D eigenvalue weighted by Crippen LogP contribution is -2.43. The van der Waals surface area contributed by atoms with E-state index in [0.717, 1.165) is 19.5 Å². The molecular formula is C19H26N3O3. The summed E-state index contributed by atoms with van der Waals surface area (Å²) >= 11 is 0. The lowest BCUT2D eigenvalue weighted by atomic mass is 10.0. The fourth-order valence-electron chi connectivity index (χ4n) is 2.85. The number of benzene rings is 1. The van der Waals surface area contributed by atoms with Gasteiger partial charge >= 0.3 is 0 Å². The van der Waals surface area contributed by atoms with Gasteiger partial charge in [-0.05, 0) is 31.4 Å². The van der Waals surface area contributed by atoms with E-state index in [0.29, 0.717) is 13.0 Å². The van der Waals surface area contributed by atoms with Crippen LogP contribution in [0.4, 0.5) is 0 Å². The van der Waals surface area contributed by atoms with Crippen molar-refractivity contribution in [3.05, 3.63) is 42.3 Å². The minimum Gasteiger partial charge on any atom is -0.369 e. The normalized spacial score (nSPS) is 19.9. The van der Waals surface area contributed by atoms with E-state index in [2.05, 4.69) is 10.2 Å². The number of likely N-dealkylation sites (tertiary alicyclic amines) is 1. The monoisotopic (exact) mass is 344 g/mol. The molecule has 1 aliphatic heterocycles. The largest absolute Gasteiger partial charge is 0.369 e. The molecule has 1 radical (unpaired) electrons. The van der Waals surface area contributed by atoms with Crippen molar-refractivity contribution >= 4 is 17.6 Å². The smallest absolute Gasteiger partial charge is 0.224 e. The molecule has 0 saturated carbocycles. The molecule has 0 bridgehead atoms. The standard InChI is InChI=1S/C19H26N3O3/c1-14(19(20)25)9-10-18(24)21-16-8-5-11-22(13-17(16)23)12-15-6-3-2-4-7-15/h2-4,6-7,10,14,16H,5,8-9,11-13H2,1H3,(H2,20,25)(H,21,24)/t14?,16-/m0/s1. The fourth-order valence-corrected chi connectivity index (χ4v) is 2.85. The minimum atomic E-state index is -0.464. The van der Waals surface area contributed by atoms with Gasteiger partial charge in [0.25, 0.3) is 0 Å². The Morgan fingerprint density at radius 2 is 2.08 bits per heavy atom. The van der Waals surface area contributed by atoms with E-state index in [4.69, 9.17) is 5.73 Å². The van der Waals surface area contributed by atoms with Crippen LogP contribution in [-0.2, 0) is 20.9 Å². The quantitative estimate of drug-likeness (QED) is 0.773. The number of nitrogens with one attached hydrogen (secondary N) is 1. The molecule has 2 amide bonds. The molecule has 1 saturated heterocycles. The third-order valence-corrected chi connectivity index (χ3v) is 4.44. The van der Waals surface area contributed by atoms with E-state index in [9.17, 15) is 14.4 Å². The summed E-state index contributed by atoms with van der Waals surface area (Å²) in [6.45, 7) is 3.56. The molecule has 1 fully saturated rings. The van der Waals surface area contributed by atoms with E-state index in [1.807, 2.05) is 30.3 Å². The van der Waals surface area contributed by atoms with Crippen molar-refractivity contribution in [2.24, 2.45) is 11.7 Å². The maximum atomic E-state index is 12.5. The Balaban J connectivity index is 1.82. The molecule has 6 heteroatoms. The highest BCUT2D eigenvalue weighted by Crippen LogP contribution is 2.13. The zero-order valence-corrected chi connectivity index (χ0v) is 14.6. The molecule has 1 aromatic carbocycles. The van der Waals surface area contributed by atoms with Crippen molar-refractivity contribution in [3.63, 3.8) is 0 Å². The minimum absolute atomic E-state index is 0.0260. The first-order chi connectivity index (χ1) is 12.0. The van der Waals surface area contributed by atoms with Crippen LogP contribution < -0.4 is 11.1 Å². The number of amides is 2. The maximum absolute atomic E-state index is 12.5. The van der Waals surface area contributed by atoms with Crippen LogP contribution in [0.3, 0.4) is 0 Å². The Morgan fingerprint density at radius 1 is 1.36 bits per heavy atom. The Morgan fingerprint density at radius 3 is 2.76 bits per heavy atom. The van der Waals surface area contributed by atoms with Gasteiger partial charge in [0, 0.05) is 12.5 Å². The van der Waals surface area contributed by atoms with Gasteiger partial charge in [-0.25, -0.2) is 0 Å². The van der Waals surface area contributed by atoms with Crippen LogP contribution in [0.2, 0.25) is 0 Å². The van der Waals surface area contributed by atoms with Crippen molar-refractivity contribution in [1.82, 2.24) is 10.2 Å². The average molecular weight is 344 g/mol. The number of rotatable bonds is 7. The van der Waals surface area contributed by atoms with Gasteiger partial charge in [0.1, 0.15) is 0 Å². The van der Waals surface area contributed by atoms with E-state index in [1.165, 1.54) is 12.0 Å². The second-order valence-corrected chi connectivity index (χ2v) is 6.61. The maximum Gasteiger partial charge on any atom is 0.224 e. The first-order valence-electron chi connectivity index (χ1n) is 8.67. The van der Waals surface area contributed by atoms with Crippen LogP contribution in [0.25, 0.3) is 0 Å². The van der Waals surface area contributed by atoms with E-state index in [-0.39, 0.29) is 18.1 Å². The second-order valence-electron chi connectivity index (χ2n) is 6.61. The van der Waals surface area contributed by atoms with Crippen LogP contribution >= 0.6 is 0 Å². The molecule has 1 heterocycles. The highest BCUT2D eigenvalue weighted by molar-refractivity contribution is 5.93. The van der Waals surface area contributed by atoms with Crippen LogP contribution in [0, 0.1) is 12.3 Å². The van der Waals surface area contributed by atoms with Gasteiger partial charge in [-0.2, -0.15) is 0 Å². The third-order valence-electron chi connectivity index (χ3n) is 4.44. The SMILES string of the molecule is CC(C[CH]C(=O)N[C@H]1CCCN(Cc2ccccc2)CC1=O)C(N)=O. The van der Waals surface area contributed by atoms with E-state index < -0.39 is 17.9 Å². The molecule has 0 aliphatic carbocycles. The Hall–Kier alpha value is -2.21. The molecule has 1 aromatic rings. The van der Waals surface area contributed by atoms with Gasteiger partial charge in [-0.3, -0.25) is 19.3 Å². The molecule has 2 rings (SSSR count). The number of nitrogens with zero attached hydrogens (tertiary/aromatic N) is 1. The van der Waals surface area contributed by atoms with Gasteiger partial charge in [0.15, 0.2) is 5.78 Å². The number of primary amides is 1. The third kappa shape index (κ3) is 6.31. The van der Waals surface area contributed by atoms with Crippen molar-refractivity contribution in [2.45, 2.75) is 38.8 Å². The molecule has 0 spiro atoms. The summed E-state index contributed by atoms with van der Waals surface area (Å²) in [5.41, 5.74) is 6.35. The van der Waals surface area contributed by atoms with Crippen molar-refractivity contribution in [3.8, 4) is 0 Å². The number of Topliss-reactive ketones (excluding diaryl/α,β-unsaturated/α-hetero) is 1. The number of nitrogens with two attached hydrogens (primary N) is 1. The summed E-state index contributed by atoms with van der Waals surface area (Å²) in [5, 5.41) is 2.76. The van der Waals surface area contributed by atoms with Gasteiger partial charge in [-0.15, -0.1) is 0 Å². The van der Waals surface area contributed by atoms with Gasteiger partial charge < -0.3 is 11.1 Å². The summed E-state index contributed by atoms with van der Waals surface area (Å²) in [6, 6.07) is 9.57. The van der Waals surface area contributed by atoms with E-state index >= 15 is 0 Å². The van der Waals surface area contributed by atoms with Crippen LogP contribution in [-0.4, -0.2) is 41.6 Å². The summed E-state index contributed by atoms with van der Waals surface area (Å²) in [4.78, 5) is 37.5. The number of ketones is 1. The molecule has 25 heavy (non-hydrogen) atoms. The summed E-state index contributed by atoms with van der Waals surface area (Å²) < 4.78 is 0. The van der Waals surface area contributed by atoms with Crippen molar-refractivity contribution in [1.29, 1.82) is 0 Å². The zero-order chi connectivity index (χ0) is 18.2. The number of carbonyl (C=O) groups is 3. The lowest BCUT2D eigenvalue weighted by Gasteiger charge is -2.19. The van der Waals surface area contributed by atoms with Crippen LogP contribution in [0.5, 0.6) is 0 Å². The molecule has 6 nitrogen and oxygen atoms in total. The predicted molar refractivity (Wildman–Crippen MR) is 95.2 cm³/mol. The second kappa shape index (κ2) is 9.32. The lowest BCUT2D eigenvalue weighted by molar-refractivity contribution is -0.126. The molecule has 1 unspecified atom stereocenters. The Labute approximate surface area is 148 Å². The predicted octanol–water partition coefficient (Wildman–Crippen LogP) is 1.05. The van der Waals surface area contributed by atoms with Crippen molar-refractivity contribution < 1.29 is 14.4 Å². The molecule has 1 aliphatic rings. The highest BCUT2D eigenvalue weighted by atomic mass is 16.2. The number of hydrogen-bond acceptors (Lipinski definition) is 4. The molecular weight excluding hydrogens is 318 g/mol. The van der Waals surface area contributed by atoms with Crippen LogP contribution in [0.15, 0.2) is 30.3 Å². The Kier molecular flexibility index (Phi) is 7.13. The summed E-state index contributed by atoms with van der Waals surface area (Å²) in [7, 11) is 0. The van der Waals surface area contributed by atoms with Gasteiger partial charge in [0.05, 0.1) is 19.0 Å². The topological polar surface area (TPSA) is 92.5 Å². The number of carbonyl (C=O) groups excluding carboxylic acids is 3.